The molecule has 0 radical (unpaired) electrons. The molecule has 1 saturated heterocycles. The van der Waals surface area contributed by atoms with E-state index in [0.717, 1.165) is 0 Å². The molecule has 1 fully saturated rings. The Bertz CT molecular complexity index is 585. The average Bonchev–Trinajstić information content (AvgIpc) is 2.54. The Balaban J connectivity index is 1.85. The van der Waals surface area contributed by atoms with E-state index in [1.165, 1.54) is 29.4 Å². The number of carbonyl (C=O) groups is 2. The summed E-state index contributed by atoms with van der Waals surface area (Å²) in [7, 11) is 1.51. The summed E-state index contributed by atoms with van der Waals surface area (Å²) in [6.45, 7) is 9.05. The summed E-state index contributed by atoms with van der Waals surface area (Å²) in [5, 5.41) is 3.00. The molecule has 6 nitrogen and oxygen atoms in total. The average molecular weight is 333 g/mol. The molecule has 1 aliphatic heterocycles. The van der Waals surface area contributed by atoms with E-state index in [0.29, 0.717) is 32.7 Å². The summed E-state index contributed by atoms with van der Waals surface area (Å²) in [5.41, 5.74) is 4.80. The lowest BCUT2D eigenvalue weighted by Crippen LogP contribution is -2.53. The third-order valence-corrected chi connectivity index (χ3v) is 4.44. The van der Waals surface area contributed by atoms with E-state index < -0.39 is 0 Å². The van der Waals surface area contributed by atoms with Crippen molar-refractivity contribution in [3.8, 4) is 0 Å². The number of hydrogen-bond donors (Lipinski definition) is 1. The number of urea groups is 1. The highest BCUT2D eigenvalue weighted by atomic mass is 16.5. The van der Waals surface area contributed by atoms with E-state index >= 15 is 0 Å². The molecule has 3 amide bonds. The molecule has 1 N–H and O–H groups in total. The SMILES string of the molecule is COCC(=O)N1CCN(C(=O)NCc2c(C)cc(C)cc2C)CC1. The van der Waals surface area contributed by atoms with E-state index in [-0.39, 0.29) is 18.5 Å². The Morgan fingerprint density at radius 3 is 2.12 bits per heavy atom. The minimum Gasteiger partial charge on any atom is -0.375 e. The molecule has 0 aromatic heterocycles. The largest absolute Gasteiger partial charge is 0.375 e. The number of nitrogens with one attached hydrogen (secondary N) is 1. The molecule has 24 heavy (non-hydrogen) atoms. The van der Waals surface area contributed by atoms with Crippen molar-refractivity contribution in [3.63, 3.8) is 0 Å². The number of piperazine rings is 1. The van der Waals surface area contributed by atoms with Gasteiger partial charge in [0.15, 0.2) is 0 Å². The number of hydrogen-bond acceptors (Lipinski definition) is 3. The highest BCUT2D eigenvalue weighted by Gasteiger charge is 2.23. The molecule has 0 saturated carbocycles. The Hall–Kier alpha value is -2.08. The minimum atomic E-state index is -0.0757. The number of methoxy groups -OCH3 is 1. The van der Waals surface area contributed by atoms with Crippen LogP contribution in [0.5, 0.6) is 0 Å². The van der Waals surface area contributed by atoms with Gasteiger partial charge in [0.1, 0.15) is 6.61 Å². The van der Waals surface area contributed by atoms with Crippen LogP contribution in [0.1, 0.15) is 22.3 Å². The smallest absolute Gasteiger partial charge is 0.317 e. The van der Waals surface area contributed by atoms with Crippen LogP contribution >= 0.6 is 0 Å². The Morgan fingerprint density at radius 1 is 1.04 bits per heavy atom. The van der Waals surface area contributed by atoms with Crippen LogP contribution in [0.25, 0.3) is 0 Å². The fourth-order valence-corrected chi connectivity index (χ4v) is 3.14. The predicted molar refractivity (Wildman–Crippen MR) is 92.9 cm³/mol. The Kier molecular flexibility index (Phi) is 6.20. The van der Waals surface area contributed by atoms with Gasteiger partial charge in [-0.25, -0.2) is 4.79 Å². The van der Waals surface area contributed by atoms with Gasteiger partial charge in [-0.15, -0.1) is 0 Å². The summed E-state index contributed by atoms with van der Waals surface area (Å²) >= 11 is 0. The van der Waals surface area contributed by atoms with Gasteiger partial charge < -0.3 is 19.9 Å². The highest BCUT2D eigenvalue weighted by Crippen LogP contribution is 2.16. The van der Waals surface area contributed by atoms with Crippen molar-refractivity contribution in [3.05, 3.63) is 34.4 Å². The first-order valence-corrected chi connectivity index (χ1v) is 8.28. The molecule has 0 spiro atoms. The Labute approximate surface area is 143 Å². The zero-order valence-corrected chi connectivity index (χ0v) is 15.0. The predicted octanol–water partition coefficient (Wildman–Crippen LogP) is 1.61. The van der Waals surface area contributed by atoms with Crippen molar-refractivity contribution in [1.82, 2.24) is 15.1 Å². The van der Waals surface area contributed by atoms with Gasteiger partial charge in [0, 0.05) is 39.8 Å². The molecule has 1 aromatic rings. The van der Waals surface area contributed by atoms with Crippen molar-refractivity contribution in [2.45, 2.75) is 27.3 Å². The number of benzene rings is 1. The molecule has 1 aromatic carbocycles. The van der Waals surface area contributed by atoms with Crippen LogP contribution in [-0.4, -0.2) is 61.6 Å². The number of carbonyl (C=O) groups excluding carboxylic acids is 2. The maximum atomic E-state index is 12.3. The van der Waals surface area contributed by atoms with E-state index in [4.69, 9.17) is 4.74 Å². The van der Waals surface area contributed by atoms with Crippen LogP contribution in [-0.2, 0) is 16.1 Å². The molecule has 2 rings (SSSR count). The quantitative estimate of drug-likeness (QED) is 0.911. The van der Waals surface area contributed by atoms with Crippen LogP contribution in [0.4, 0.5) is 4.79 Å². The van der Waals surface area contributed by atoms with E-state index in [1.54, 1.807) is 9.80 Å². The third-order valence-electron chi connectivity index (χ3n) is 4.44. The standard InChI is InChI=1S/C18H27N3O3/c1-13-9-14(2)16(15(3)10-13)11-19-18(23)21-7-5-20(6-8-21)17(22)12-24-4/h9-10H,5-8,11-12H2,1-4H3,(H,19,23). The highest BCUT2D eigenvalue weighted by molar-refractivity contribution is 5.78. The number of aryl methyl sites for hydroxylation is 3. The van der Waals surface area contributed by atoms with Gasteiger partial charge >= 0.3 is 6.03 Å². The number of nitrogens with zero attached hydrogens (tertiary/aromatic N) is 2. The molecule has 0 bridgehead atoms. The maximum absolute atomic E-state index is 12.3. The van der Waals surface area contributed by atoms with E-state index in [1.807, 2.05) is 0 Å². The summed E-state index contributed by atoms with van der Waals surface area (Å²) in [6, 6.07) is 4.19. The van der Waals surface area contributed by atoms with Crippen LogP contribution in [0.15, 0.2) is 12.1 Å². The normalized spacial score (nSPS) is 14.7. The van der Waals surface area contributed by atoms with Crippen molar-refractivity contribution in [1.29, 1.82) is 0 Å². The van der Waals surface area contributed by atoms with Crippen molar-refractivity contribution < 1.29 is 14.3 Å². The fourth-order valence-electron chi connectivity index (χ4n) is 3.14. The Morgan fingerprint density at radius 2 is 1.58 bits per heavy atom. The lowest BCUT2D eigenvalue weighted by Gasteiger charge is -2.34. The van der Waals surface area contributed by atoms with Gasteiger partial charge in [-0.2, -0.15) is 0 Å². The van der Waals surface area contributed by atoms with Crippen LogP contribution < -0.4 is 5.32 Å². The first-order valence-electron chi connectivity index (χ1n) is 8.28. The molecule has 1 heterocycles. The molecule has 6 heteroatoms. The second-order valence-electron chi connectivity index (χ2n) is 6.34. The monoisotopic (exact) mass is 333 g/mol. The van der Waals surface area contributed by atoms with Gasteiger partial charge in [-0.1, -0.05) is 17.7 Å². The van der Waals surface area contributed by atoms with Gasteiger partial charge in [-0.05, 0) is 37.5 Å². The molecule has 0 unspecified atom stereocenters. The lowest BCUT2D eigenvalue weighted by molar-refractivity contribution is -0.136. The topological polar surface area (TPSA) is 61.9 Å². The first-order chi connectivity index (χ1) is 11.4. The molecule has 0 atom stereocenters. The summed E-state index contributed by atoms with van der Waals surface area (Å²) in [5.74, 6) is -0.0246. The molecular weight excluding hydrogens is 306 g/mol. The van der Waals surface area contributed by atoms with E-state index in [2.05, 4.69) is 38.2 Å². The van der Waals surface area contributed by atoms with Crippen molar-refractivity contribution >= 4 is 11.9 Å². The molecule has 1 aliphatic rings. The van der Waals surface area contributed by atoms with Crippen molar-refractivity contribution in [2.75, 3.05) is 39.9 Å². The second-order valence-corrected chi connectivity index (χ2v) is 6.34. The van der Waals surface area contributed by atoms with Gasteiger partial charge in [-0.3, -0.25) is 4.79 Å². The zero-order valence-electron chi connectivity index (χ0n) is 15.0. The van der Waals surface area contributed by atoms with Gasteiger partial charge in [0.05, 0.1) is 0 Å². The lowest BCUT2D eigenvalue weighted by atomic mass is 10.00. The van der Waals surface area contributed by atoms with Crippen LogP contribution in [0.3, 0.4) is 0 Å². The summed E-state index contributed by atoms with van der Waals surface area (Å²) in [6.07, 6.45) is 0. The third kappa shape index (κ3) is 4.47. The summed E-state index contributed by atoms with van der Waals surface area (Å²) < 4.78 is 4.87. The zero-order chi connectivity index (χ0) is 17.7. The summed E-state index contributed by atoms with van der Waals surface area (Å²) in [4.78, 5) is 27.6. The van der Waals surface area contributed by atoms with Gasteiger partial charge in [0.25, 0.3) is 0 Å². The van der Waals surface area contributed by atoms with Crippen LogP contribution in [0.2, 0.25) is 0 Å². The first kappa shape index (κ1) is 18.3. The van der Waals surface area contributed by atoms with Crippen molar-refractivity contribution in [2.24, 2.45) is 0 Å². The minimum absolute atomic E-state index is 0.0246. The number of amides is 3. The number of rotatable bonds is 4. The second kappa shape index (κ2) is 8.15. The molecule has 132 valence electrons. The molecule has 0 aliphatic carbocycles. The van der Waals surface area contributed by atoms with E-state index in [9.17, 15) is 9.59 Å². The maximum Gasteiger partial charge on any atom is 0.317 e. The van der Waals surface area contributed by atoms with Gasteiger partial charge in [0.2, 0.25) is 5.91 Å². The number of ether oxygens (including phenoxy) is 1. The fraction of sp³-hybridized carbons (Fsp3) is 0.556. The van der Waals surface area contributed by atoms with Crippen LogP contribution in [0, 0.1) is 20.8 Å². The molecular formula is C18H27N3O3.